The summed E-state index contributed by atoms with van der Waals surface area (Å²) in [6, 6.07) is 5.49. The predicted molar refractivity (Wildman–Crippen MR) is 96.9 cm³/mol. The van der Waals surface area contributed by atoms with Crippen molar-refractivity contribution in [2.75, 3.05) is 13.7 Å². The fourth-order valence-corrected chi connectivity index (χ4v) is 3.22. The van der Waals surface area contributed by atoms with Crippen LogP contribution in [0.15, 0.2) is 46.7 Å². The van der Waals surface area contributed by atoms with Crippen molar-refractivity contribution >= 4 is 5.84 Å². The molecule has 1 N–H and O–H groups in total. The third kappa shape index (κ3) is 3.47. The van der Waals surface area contributed by atoms with Crippen molar-refractivity contribution in [3.05, 3.63) is 76.0 Å². The lowest BCUT2D eigenvalue weighted by Crippen LogP contribution is -2.40. The Morgan fingerprint density at radius 3 is 2.48 bits per heavy atom. The maximum atomic E-state index is 14.3. The van der Waals surface area contributed by atoms with Crippen molar-refractivity contribution in [3.63, 3.8) is 0 Å². The molecule has 2 heterocycles. The van der Waals surface area contributed by atoms with Crippen molar-refractivity contribution in [3.8, 4) is 0 Å². The number of benzene rings is 1. The molecule has 4 nitrogen and oxygen atoms in total. The molecule has 0 bridgehead atoms. The molecule has 2 aromatic rings. The number of pyridine rings is 1. The Morgan fingerprint density at radius 2 is 1.85 bits per heavy atom. The highest BCUT2D eigenvalue weighted by atomic mass is 19.1. The van der Waals surface area contributed by atoms with Gasteiger partial charge in [-0.25, -0.2) is 18.2 Å². The summed E-state index contributed by atoms with van der Waals surface area (Å²) in [6.07, 6.45) is 0.936. The summed E-state index contributed by atoms with van der Waals surface area (Å²) in [7, 11) is 1.57. The monoisotopic (exact) mass is 375 g/mol. The van der Waals surface area contributed by atoms with Crippen LogP contribution in [-0.4, -0.2) is 24.5 Å². The van der Waals surface area contributed by atoms with Gasteiger partial charge in [0.05, 0.1) is 12.8 Å². The number of aryl methyl sites for hydroxylation is 1. The molecule has 0 radical (unpaired) electrons. The summed E-state index contributed by atoms with van der Waals surface area (Å²) < 4.78 is 46.6. The fraction of sp³-hybridized carbons (Fsp3) is 0.300. The summed E-state index contributed by atoms with van der Waals surface area (Å²) in [6.45, 7) is 5.61. The second kappa shape index (κ2) is 7.15. The SMILES string of the molecule is COCC1=C(C)NC(c2ncc(F)cc2F)=NC1(C)c1ccc(F)c(C)c1. The van der Waals surface area contributed by atoms with Gasteiger partial charge in [-0.3, -0.25) is 4.99 Å². The Morgan fingerprint density at radius 1 is 1.11 bits per heavy atom. The lowest BCUT2D eigenvalue weighted by Gasteiger charge is -2.35. The van der Waals surface area contributed by atoms with Crippen molar-refractivity contribution in [1.82, 2.24) is 10.3 Å². The van der Waals surface area contributed by atoms with Crippen LogP contribution in [0.2, 0.25) is 0 Å². The molecule has 1 aromatic heterocycles. The minimum atomic E-state index is -0.929. The van der Waals surface area contributed by atoms with Crippen molar-refractivity contribution in [2.24, 2.45) is 4.99 Å². The molecule has 3 rings (SSSR count). The van der Waals surface area contributed by atoms with Crippen molar-refractivity contribution < 1.29 is 17.9 Å². The Balaban J connectivity index is 2.19. The number of hydrogen-bond acceptors (Lipinski definition) is 4. The first-order chi connectivity index (χ1) is 12.8. The van der Waals surface area contributed by atoms with Crippen LogP contribution in [0.5, 0.6) is 0 Å². The molecule has 7 heteroatoms. The van der Waals surface area contributed by atoms with Gasteiger partial charge in [-0.15, -0.1) is 0 Å². The van der Waals surface area contributed by atoms with Crippen LogP contribution in [0.4, 0.5) is 13.2 Å². The first kappa shape index (κ1) is 19.1. The van der Waals surface area contributed by atoms with Gasteiger partial charge in [0.1, 0.15) is 22.9 Å². The van der Waals surface area contributed by atoms with E-state index in [0.717, 1.165) is 29.1 Å². The second-order valence-corrected chi connectivity index (χ2v) is 6.64. The van der Waals surface area contributed by atoms with Crippen molar-refractivity contribution in [1.29, 1.82) is 0 Å². The smallest absolute Gasteiger partial charge is 0.155 e. The summed E-state index contributed by atoms with van der Waals surface area (Å²) >= 11 is 0. The van der Waals surface area contributed by atoms with Gasteiger partial charge < -0.3 is 10.1 Å². The number of aromatic nitrogens is 1. The van der Waals surface area contributed by atoms with Crippen molar-refractivity contribution in [2.45, 2.75) is 26.3 Å². The molecule has 142 valence electrons. The van der Waals surface area contributed by atoms with Gasteiger partial charge in [0.15, 0.2) is 11.7 Å². The molecule has 1 aliphatic heterocycles. The highest BCUT2D eigenvalue weighted by Gasteiger charge is 2.37. The highest BCUT2D eigenvalue weighted by molar-refractivity contribution is 5.99. The highest BCUT2D eigenvalue weighted by Crippen LogP contribution is 2.38. The number of amidine groups is 1. The van der Waals surface area contributed by atoms with E-state index in [-0.39, 0.29) is 24.0 Å². The van der Waals surface area contributed by atoms with Crippen LogP contribution in [0.1, 0.15) is 30.7 Å². The van der Waals surface area contributed by atoms with Crippen LogP contribution in [0.3, 0.4) is 0 Å². The number of rotatable bonds is 4. The number of nitrogens with one attached hydrogen (secondary N) is 1. The molecule has 27 heavy (non-hydrogen) atoms. The maximum Gasteiger partial charge on any atom is 0.155 e. The van der Waals surface area contributed by atoms with E-state index in [1.165, 1.54) is 6.07 Å². The summed E-state index contributed by atoms with van der Waals surface area (Å²) in [5.41, 5.74) is 1.73. The van der Waals surface area contributed by atoms with E-state index >= 15 is 0 Å². The quantitative estimate of drug-likeness (QED) is 0.879. The topological polar surface area (TPSA) is 46.5 Å². The summed E-state index contributed by atoms with van der Waals surface area (Å²) in [5, 5.41) is 3.03. The molecular formula is C20H20F3N3O. The molecule has 0 aliphatic carbocycles. The molecule has 0 saturated carbocycles. The Kier molecular flexibility index (Phi) is 5.06. The molecule has 1 aromatic carbocycles. The lowest BCUT2D eigenvalue weighted by molar-refractivity contribution is 0.211. The van der Waals surface area contributed by atoms with E-state index in [9.17, 15) is 13.2 Å². The van der Waals surface area contributed by atoms with Gasteiger partial charge in [-0.05, 0) is 38.0 Å². The largest absolute Gasteiger partial charge is 0.380 e. The van der Waals surface area contributed by atoms with E-state index in [0.29, 0.717) is 5.56 Å². The average molecular weight is 375 g/mol. The summed E-state index contributed by atoms with van der Waals surface area (Å²) in [5.74, 6) is -1.73. The average Bonchev–Trinajstić information content (AvgIpc) is 2.60. The zero-order chi connectivity index (χ0) is 19.8. The summed E-state index contributed by atoms with van der Waals surface area (Å²) in [4.78, 5) is 8.53. The van der Waals surface area contributed by atoms with Crippen LogP contribution >= 0.6 is 0 Å². The van der Waals surface area contributed by atoms with Gasteiger partial charge in [-0.1, -0.05) is 12.1 Å². The molecule has 1 aliphatic rings. The number of nitrogens with zero attached hydrogens (tertiary/aromatic N) is 2. The first-order valence-electron chi connectivity index (χ1n) is 8.40. The molecular weight excluding hydrogens is 355 g/mol. The standard InChI is InChI=1S/C20H20F3N3O/c1-11-7-13(5-6-16(11)22)20(3)15(10-27-4)12(2)25-19(26-20)18-17(23)8-14(21)9-24-18/h5-9H,10H2,1-4H3,(H,25,26). The van der Waals surface area contributed by atoms with E-state index in [4.69, 9.17) is 4.74 Å². The second-order valence-electron chi connectivity index (χ2n) is 6.64. The van der Waals surface area contributed by atoms with Gasteiger partial charge in [0.25, 0.3) is 0 Å². The molecule has 0 saturated heterocycles. The van der Waals surface area contributed by atoms with Crippen LogP contribution < -0.4 is 5.32 Å². The minimum absolute atomic E-state index is 0.0859. The van der Waals surface area contributed by atoms with Gasteiger partial charge >= 0.3 is 0 Å². The normalized spacial score (nSPS) is 19.7. The third-order valence-electron chi connectivity index (χ3n) is 4.72. The number of allylic oxidation sites excluding steroid dienone is 1. The van der Waals surface area contributed by atoms with Crippen LogP contribution in [0.25, 0.3) is 0 Å². The number of hydrogen-bond donors (Lipinski definition) is 1. The molecule has 0 fully saturated rings. The third-order valence-corrected chi connectivity index (χ3v) is 4.72. The Labute approximate surface area is 155 Å². The molecule has 0 spiro atoms. The number of ether oxygens (including phenoxy) is 1. The Hall–Kier alpha value is -2.67. The number of methoxy groups -OCH3 is 1. The van der Waals surface area contributed by atoms with E-state index < -0.39 is 17.2 Å². The first-order valence-corrected chi connectivity index (χ1v) is 8.40. The van der Waals surface area contributed by atoms with Crippen LogP contribution in [-0.2, 0) is 10.3 Å². The fourth-order valence-electron chi connectivity index (χ4n) is 3.22. The van der Waals surface area contributed by atoms with E-state index in [1.54, 1.807) is 26.2 Å². The predicted octanol–water partition coefficient (Wildman–Crippen LogP) is 3.99. The van der Waals surface area contributed by atoms with Gasteiger partial charge in [-0.2, -0.15) is 0 Å². The molecule has 0 amide bonds. The Bertz CT molecular complexity index is 955. The molecule has 1 atom stereocenters. The zero-order valence-corrected chi connectivity index (χ0v) is 15.5. The zero-order valence-electron chi connectivity index (χ0n) is 15.5. The lowest BCUT2D eigenvalue weighted by atomic mass is 9.82. The minimum Gasteiger partial charge on any atom is -0.380 e. The molecule has 1 unspecified atom stereocenters. The number of aliphatic imine (C=N–C) groups is 1. The van der Waals surface area contributed by atoms with E-state index in [1.807, 2.05) is 13.8 Å². The maximum absolute atomic E-state index is 14.3. The van der Waals surface area contributed by atoms with Gasteiger partial charge in [0, 0.05) is 24.4 Å². The van der Waals surface area contributed by atoms with Crippen LogP contribution in [0, 0.1) is 24.4 Å². The van der Waals surface area contributed by atoms with E-state index in [2.05, 4.69) is 15.3 Å². The van der Waals surface area contributed by atoms with Gasteiger partial charge in [0.2, 0.25) is 0 Å². The number of halogens is 3.